The van der Waals surface area contributed by atoms with Crippen LogP contribution in [0.25, 0.3) is 0 Å². The van der Waals surface area contributed by atoms with Crippen molar-refractivity contribution in [1.29, 1.82) is 0 Å². The van der Waals surface area contributed by atoms with E-state index in [-0.39, 0.29) is 6.04 Å². The summed E-state index contributed by atoms with van der Waals surface area (Å²) in [6.45, 7) is 0. The molecular weight excluding hydrogens is 300 g/mol. The Labute approximate surface area is 142 Å². The summed E-state index contributed by atoms with van der Waals surface area (Å²) >= 11 is 5.38. The molecule has 3 rings (SSSR count). The smallest absolute Gasteiger partial charge is 0.171 e. The quantitative estimate of drug-likeness (QED) is 0.717. The minimum atomic E-state index is -0.0581. The van der Waals surface area contributed by atoms with E-state index < -0.39 is 0 Å². The topological polar surface area (TPSA) is 29.3 Å². The van der Waals surface area contributed by atoms with Crippen molar-refractivity contribution in [3.8, 4) is 0 Å². The molecule has 0 atom stereocenters. The highest BCUT2D eigenvalue weighted by atomic mass is 32.1. The van der Waals surface area contributed by atoms with E-state index in [0.717, 1.165) is 16.8 Å². The number of thiocarbonyl (C=S) groups is 1. The second kappa shape index (κ2) is 7.07. The third-order valence-electron chi connectivity index (χ3n) is 3.76. The molecule has 0 bridgehead atoms. The molecule has 2 nitrogen and oxygen atoms in total. The molecule has 0 unspecified atom stereocenters. The monoisotopic (exact) mass is 318 g/mol. The van der Waals surface area contributed by atoms with Gasteiger partial charge in [0.1, 0.15) is 0 Å². The fraction of sp³-hybridized carbons (Fsp3) is 0.0500. The fourth-order valence-electron chi connectivity index (χ4n) is 2.75. The highest BCUT2D eigenvalue weighted by molar-refractivity contribution is 7.80. The molecule has 2 N–H and O–H groups in total. The molecule has 0 aliphatic rings. The average Bonchev–Trinajstić information content (AvgIpc) is 2.61. The standard InChI is InChI=1S/C20H18N2S/c21-20(23)22(18-14-8-3-9-15-18)19(16-10-4-1-5-11-16)17-12-6-2-7-13-17/h1-15,19H,(H2,21,23). The predicted molar refractivity (Wildman–Crippen MR) is 100 cm³/mol. The molecule has 0 aromatic heterocycles. The minimum absolute atomic E-state index is 0.0581. The Hall–Kier alpha value is -2.65. The predicted octanol–water partition coefficient (Wildman–Crippen LogP) is 4.53. The molecule has 0 heterocycles. The third-order valence-corrected chi connectivity index (χ3v) is 3.96. The van der Waals surface area contributed by atoms with Gasteiger partial charge in [0, 0.05) is 5.69 Å². The molecule has 0 radical (unpaired) electrons. The molecule has 0 saturated carbocycles. The molecule has 0 saturated heterocycles. The normalized spacial score (nSPS) is 10.5. The number of anilines is 1. The molecular formula is C20H18N2S. The summed E-state index contributed by atoms with van der Waals surface area (Å²) in [5.74, 6) is 0. The molecule has 3 heteroatoms. The zero-order valence-electron chi connectivity index (χ0n) is 12.7. The van der Waals surface area contributed by atoms with Crippen molar-refractivity contribution in [3.05, 3.63) is 102 Å². The van der Waals surface area contributed by atoms with Crippen LogP contribution in [0, 0.1) is 0 Å². The molecule has 3 aromatic carbocycles. The van der Waals surface area contributed by atoms with Crippen molar-refractivity contribution in [3.63, 3.8) is 0 Å². The molecule has 23 heavy (non-hydrogen) atoms. The number of rotatable bonds is 4. The highest BCUT2D eigenvalue weighted by Crippen LogP contribution is 2.32. The number of hydrogen-bond acceptors (Lipinski definition) is 1. The van der Waals surface area contributed by atoms with Gasteiger partial charge in [-0.15, -0.1) is 0 Å². The van der Waals surface area contributed by atoms with Gasteiger partial charge in [0.25, 0.3) is 0 Å². The molecule has 0 amide bonds. The van der Waals surface area contributed by atoms with Gasteiger partial charge >= 0.3 is 0 Å². The van der Waals surface area contributed by atoms with Crippen LogP contribution in [0.3, 0.4) is 0 Å². The highest BCUT2D eigenvalue weighted by Gasteiger charge is 2.24. The van der Waals surface area contributed by atoms with Gasteiger partial charge in [-0.05, 0) is 35.5 Å². The van der Waals surface area contributed by atoms with Gasteiger partial charge in [-0.3, -0.25) is 0 Å². The van der Waals surface area contributed by atoms with Crippen molar-refractivity contribution in [2.24, 2.45) is 5.73 Å². The van der Waals surface area contributed by atoms with Crippen LogP contribution in [0.4, 0.5) is 5.69 Å². The summed E-state index contributed by atoms with van der Waals surface area (Å²) < 4.78 is 0. The fourth-order valence-corrected chi connectivity index (χ4v) is 2.96. The van der Waals surface area contributed by atoms with E-state index in [2.05, 4.69) is 24.3 Å². The Kier molecular flexibility index (Phi) is 4.69. The lowest BCUT2D eigenvalue weighted by Gasteiger charge is -2.33. The first kappa shape index (κ1) is 15.3. The van der Waals surface area contributed by atoms with Gasteiger partial charge in [-0.1, -0.05) is 78.9 Å². The second-order valence-corrected chi connectivity index (χ2v) is 5.69. The van der Waals surface area contributed by atoms with Crippen LogP contribution >= 0.6 is 12.2 Å². The van der Waals surface area contributed by atoms with Gasteiger partial charge < -0.3 is 10.6 Å². The van der Waals surface area contributed by atoms with Crippen molar-refractivity contribution < 1.29 is 0 Å². The first-order chi connectivity index (χ1) is 11.3. The average molecular weight is 318 g/mol. The number of hydrogen-bond donors (Lipinski definition) is 1. The minimum Gasteiger partial charge on any atom is -0.376 e. The molecule has 0 aliphatic carbocycles. The Morgan fingerprint density at radius 2 is 1.09 bits per heavy atom. The first-order valence-electron chi connectivity index (χ1n) is 7.51. The molecule has 114 valence electrons. The van der Waals surface area contributed by atoms with Gasteiger partial charge in [-0.2, -0.15) is 0 Å². The summed E-state index contributed by atoms with van der Waals surface area (Å²) in [6.07, 6.45) is 0. The van der Waals surface area contributed by atoms with E-state index in [1.54, 1.807) is 0 Å². The Balaban J connectivity index is 2.15. The molecule has 0 aliphatic heterocycles. The van der Waals surface area contributed by atoms with E-state index in [4.69, 9.17) is 18.0 Å². The van der Waals surface area contributed by atoms with Crippen LogP contribution in [0.5, 0.6) is 0 Å². The number of nitrogens with zero attached hydrogens (tertiary/aromatic N) is 1. The van der Waals surface area contributed by atoms with E-state index in [0.29, 0.717) is 5.11 Å². The Morgan fingerprint density at radius 1 is 0.696 bits per heavy atom. The zero-order chi connectivity index (χ0) is 16.1. The summed E-state index contributed by atoms with van der Waals surface area (Å²) in [5, 5.41) is 0.355. The van der Waals surface area contributed by atoms with Crippen LogP contribution in [0.1, 0.15) is 17.2 Å². The first-order valence-corrected chi connectivity index (χ1v) is 7.92. The second-order valence-electron chi connectivity index (χ2n) is 5.27. The van der Waals surface area contributed by atoms with Gasteiger partial charge in [0.05, 0.1) is 6.04 Å². The number of benzene rings is 3. The van der Waals surface area contributed by atoms with Crippen LogP contribution in [0.15, 0.2) is 91.0 Å². The van der Waals surface area contributed by atoms with Crippen molar-refractivity contribution in [2.75, 3.05) is 4.90 Å². The van der Waals surface area contributed by atoms with E-state index in [1.165, 1.54) is 0 Å². The summed E-state index contributed by atoms with van der Waals surface area (Å²) in [4.78, 5) is 2.00. The van der Waals surface area contributed by atoms with E-state index in [9.17, 15) is 0 Å². The number of nitrogens with two attached hydrogens (primary N) is 1. The Morgan fingerprint density at radius 3 is 1.48 bits per heavy atom. The van der Waals surface area contributed by atoms with E-state index >= 15 is 0 Å². The summed E-state index contributed by atoms with van der Waals surface area (Å²) in [7, 11) is 0. The van der Waals surface area contributed by atoms with Crippen LogP contribution in [0.2, 0.25) is 0 Å². The van der Waals surface area contributed by atoms with Crippen LogP contribution in [-0.4, -0.2) is 5.11 Å². The maximum Gasteiger partial charge on any atom is 0.171 e. The van der Waals surface area contributed by atoms with Crippen molar-refractivity contribution >= 4 is 23.0 Å². The van der Waals surface area contributed by atoms with E-state index in [1.807, 2.05) is 71.6 Å². The van der Waals surface area contributed by atoms with Crippen LogP contribution < -0.4 is 10.6 Å². The van der Waals surface area contributed by atoms with Crippen LogP contribution in [-0.2, 0) is 0 Å². The summed E-state index contributed by atoms with van der Waals surface area (Å²) in [6, 6.07) is 30.5. The summed E-state index contributed by atoms with van der Waals surface area (Å²) in [5.41, 5.74) is 9.38. The molecule has 0 spiro atoms. The van der Waals surface area contributed by atoms with Crippen molar-refractivity contribution in [1.82, 2.24) is 0 Å². The SMILES string of the molecule is NC(=S)N(c1ccccc1)C(c1ccccc1)c1ccccc1. The Bertz CT molecular complexity index is 718. The molecule has 0 fully saturated rings. The largest absolute Gasteiger partial charge is 0.376 e. The third kappa shape index (κ3) is 3.41. The maximum atomic E-state index is 6.10. The lowest BCUT2D eigenvalue weighted by Crippen LogP contribution is -2.39. The zero-order valence-corrected chi connectivity index (χ0v) is 13.5. The van der Waals surface area contributed by atoms with Gasteiger partial charge in [0.15, 0.2) is 5.11 Å². The molecule has 3 aromatic rings. The van der Waals surface area contributed by atoms with Crippen molar-refractivity contribution in [2.45, 2.75) is 6.04 Å². The van der Waals surface area contributed by atoms with Gasteiger partial charge in [-0.25, -0.2) is 0 Å². The lowest BCUT2D eigenvalue weighted by molar-refractivity contribution is 0.841. The maximum absolute atomic E-state index is 6.10. The lowest BCUT2D eigenvalue weighted by atomic mass is 9.97. The van der Waals surface area contributed by atoms with Gasteiger partial charge in [0.2, 0.25) is 0 Å². The number of para-hydroxylation sites is 1.